The molecule has 0 unspecified atom stereocenters. The Morgan fingerprint density at radius 1 is 1.26 bits per heavy atom. The molecule has 0 atom stereocenters. The summed E-state index contributed by atoms with van der Waals surface area (Å²) in [7, 11) is 1.46. The number of alkyl halides is 3. The van der Waals surface area contributed by atoms with Crippen LogP contribution in [-0.2, 0) is 6.54 Å². The van der Waals surface area contributed by atoms with E-state index in [2.05, 4.69) is 19.2 Å². The van der Waals surface area contributed by atoms with Crippen LogP contribution in [0.1, 0.15) is 25.0 Å². The Bertz CT molecular complexity index is 414. The highest BCUT2D eigenvalue weighted by molar-refractivity contribution is 5.54. The maximum absolute atomic E-state index is 12.4. The summed E-state index contributed by atoms with van der Waals surface area (Å²) in [5.41, 5.74) is 2.55. The number of nitrogens with zero attached hydrogens (tertiary/aromatic N) is 1. The van der Waals surface area contributed by atoms with Crippen molar-refractivity contribution in [1.29, 1.82) is 0 Å². The Labute approximate surface area is 112 Å². The maximum atomic E-state index is 12.4. The number of hydrogen-bond donors (Lipinski definition) is 1. The number of hydrogen-bond acceptors (Lipinski definition) is 2. The van der Waals surface area contributed by atoms with E-state index in [4.69, 9.17) is 0 Å². The molecule has 1 aromatic carbocycles. The number of halogens is 3. The van der Waals surface area contributed by atoms with Gasteiger partial charge in [-0.15, -0.1) is 0 Å². The molecule has 0 saturated carbocycles. The predicted octanol–water partition coefficient (Wildman–Crippen LogP) is 3.49. The third-order valence-electron chi connectivity index (χ3n) is 2.80. The molecular formula is C14H21F3N2. The van der Waals surface area contributed by atoms with E-state index in [0.29, 0.717) is 11.7 Å². The Morgan fingerprint density at radius 2 is 1.89 bits per heavy atom. The van der Waals surface area contributed by atoms with Gasteiger partial charge in [0.25, 0.3) is 0 Å². The van der Waals surface area contributed by atoms with Crippen LogP contribution in [0.2, 0.25) is 0 Å². The van der Waals surface area contributed by atoms with Crippen molar-refractivity contribution < 1.29 is 13.2 Å². The maximum Gasteiger partial charge on any atom is 0.405 e. The molecule has 1 N–H and O–H groups in total. The van der Waals surface area contributed by atoms with Crippen LogP contribution < -0.4 is 10.2 Å². The summed E-state index contributed by atoms with van der Waals surface area (Å²) in [5, 5.41) is 3.28. The molecule has 0 amide bonds. The molecule has 0 spiro atoms. The van der Waals surface area contributed by atoms with Crippen molar-refractivity contribution in [2.75, 3.05) is 18.5 Å². The molecular weight excluding hydrogens is 253 g/mol. The topological polar surface area (TPSA) is 15.3 Å². The van der Waals surface area contributed by atoms with Crippen molar-refractivity contribution in [3.63, 3.8) is 0 Å². The van der Waals surface area contributed by atoms with Crippen LogP contribution in [0.15, 0.2) is 18.2 Å². The lowest BCUT2D eigenvalue weighted by Crippen LogP contribution is -2.31. The van der Waals surface area contributed by atoms with E-state index >= 15 is 0 Å². The second-order valence-electron chi connectivity index (χ2n) is 5.13. The van der Waals surface area contributed by atoms with Crippen molar-refractivity contribution in [2.24, 2.45) is 0 Å². The third-order valence-corrected chi connectivity index (χ3v) is 2.80. The molecule has 0 aliphatic heterocycles. The van der Waals surface area contributed by atoms with E-state index in [0.717, 1.165) is 17.7 Å². The highest BCUT2D eigenvalue weighted by Gasteiger charge is 2.29. The first kappa shape index (κ1) is 15.8. The molecule has 0 saturated heterocycles. The third kappa shape index (κ3) is 5.51. The van der Waals surface area contributed by atoms with E-state index < -0.39 is 12.7 Å². The fourth-order valence-electron chi connectivity index (χ4n) is 1.93. The predicted molar refractivity (Wildman–Crippen MR) is 72.5 cm³/mol. The van der Waals surface area contributed by atoms with Gasteiger partial charge in [0.1, 0.15) is 6.54 Å². The molecule has 1 aromatic rings. The summed E-state index contributed by atoms with van der Waals surface area (Å²) >= 11 is 0. The molecule has 2 nitrogen and oxygen atoms in total. The van der Waals surface area contributed by atoms with E-state index in [1.54, 1.807) is 6.07 Å². The molecule has 5 heteroatoms. The van der Waals surface area contributed by atoms with Crippen LogP contribution in [0.25, 0.3) is 0 Å². The van der Waals surface area contributed by atoms with Gasteiger partial charge < -0.3 is 10.2 Å². The number of rotatable bonds is 5. The molecule has 108 valence electrons. The Kier molecular flexibility index (Phi) is 5.23. The average molecular weight is 274 g/mol. The quantitative estimate of drug-likeness (QED) is 0.884. The summed E-state index contributed by atoms with van der Waals surface area (Å²) in [6.45, 7) is 5.73. The van der Waals surface area contributed by atoms with Gasteiger partial charge in [-0.05, 0) is 24.1 Å². The van der Waals surface area contributed by atoms with Gasteiger partial charge in [-0.3, -0.25) is 0 Å². The van der Waals surface area contributed by atoms with Gasteiger partial charge in [-0.1, -0.05) is 26.0 Å². The van der Waals surface area contributed by atoms with Crippen LogP contribution in [0.4, 0.5) is 18.9 Å². The monoisotopic (exact) mass is 274 g/mol. The average Bonchev–Trinajstić information content (AvgIpc) is 2.23. The van der Waals surface area contributed by atoms with Crippen molar-refractivity contribution >= 4 is 5.69 Å². The lowest BCUT2D eigenvalue weighted by molar-refractivity contribution is -0.119. The minimum atomic E-state index is -4.18. The second kappa shape index (κ2) is 6.28. The van der Waals surface area contributed by atoms with Crippen LogP contribution >= 0.6 is 0 Å². The fourth-order valence-corrected chi connectivity index (χ4v) is 1.93. The summed E-state index contributed by atoms with van der Waals surface area (Å²) in [6, 6.07) is 5.92. The molecule has 19 heavy (non-hydrogen) atoms. The Balaban J connectivity index is 2.76. The first-order valence-electron chi connectivity index (χ1n) is 6.30. The molecule has 0 aliphatic carbocycles. The van der Waals surface area contributed by atoms with Crippen molar-refractivity contribution in [1.82, 2.24) is 5.32 Å². The van der Waals surface area contributed by atoms with Gasteiger partial charge in [0.05, 0.1) is 0 Å². The van der Waals surface area contributed by atoms with Crippen LogP contribution in [0, 0.1) is 6.92 Å². The number of nitrogens with one attached hydrogen (secondary N) is 1. The van der Waals surface area contributed by atoms with E-state index in [1.807, 2.05) is 19.1 Å². The zero-order valence-corrected chi connectivity index (χ0v) is 11.8. The standard InChI is InChI=1S/C14H21F3N2/c1-10(2)18-8-12-5-6-13(11(3)7-12)19(4)9-14(15,16)17/h5-7,10,18H,8-9H2,1-4H3. The smallest absolute Gasteiger partial charge is 0.366 e. The Hall–Kier alpha value is -1.23. The summed E-state index contributed by atoms with van der Waals surface area (Å²) in [5.74, 6) is 0. The minimum absolute atomic E-state index is 0.382. The van der Waals surface area contributed by atoms with Gasteiger partial charge in [0.15, 0.2) is 0 Å². The fraction of sp³-hybridized carbons (Fsp3) is 0.571. The van der Waals surface area contributed by atoms with E-state index in [9.17, 15) is 13.2 Å². The van der Waals surface area contributed by atoms with Crippen molar-refractivity contribution in [3.05, 3.63) is 29.3 Å². The van der Waals surface area contributed by atoms with Gasteiger partial charge in [-0.2, -0.15) is 13.2 Å². The van der Waals surface area contributed by atoms with Crippen LogP contribution in [0.3, 0.4) is 0 Å². The van der Waals surface area contributed by atoms with E-state index in [-0.39, 0.29) is 0 Å². The van der Waals surface area contributed by atoms with Gasteiger partial charge >= 0.3 is 6.18 Å². The molecule has 0 radical (unpaired) electrons. The van der Waals surface area contributed by atoms with Gasteiger partial charge in [0.2, 0.25) is 0 Å². The lowest BCUT2D eigenvalue weighted by atomic mass is 10.1. The van der Waals surface area contributed by atoms with Crippen molar-refractivity contribution in [2.45, 2.75) is 39.5 Å². The molecule has 0 heterocycles. The summed E-state index contributed by atoms with van der Waals surface area (Å²) in [6.07, 6.45) is -4.18. The number of anilines is 1. The molecule has 0 bridgehead atoms. The largest absolute Gasteiger partial charge is 0.405 e. The first-order chi connectivity index (χ1) is 8.69. The zero-order chi connectivity index (χ0) is 14.6. The highest BCUT2D eigenvalue weighted by atomic mass is 19.4. The summed E-state index contributed by atoms with van der Waals surface area (Å²) in [4.78, 5) is 1.23. The number of aryl methyl sites for hydroxylation is 1. The first-order valence-corrected chi connectivity index (χ1v) is 6.30. The molecule has 0 fully saturated rings. The van der Waals surface area contributed by atoms with Crippen molar-refractivity contribution in [3.8, 4) is 0 Å². The second-order valence-corrected chi connectivity index (χ2v) is 5.13. The molecule has 1 rings (SSSR count). The van der Waals surface area contributed by atoms with E-state index in [1.165, 1.54) is 11.9 Å². The summed E-state index contributed by atoms with van der Waals surface area (Å²) < 4.78 is 37.1. The van der Waals surface area contributed by atoms with Crippen LogP contribution in [0.5, 0.6) is 0 Å². The highest BCUT2D eigenvalue weighted by Crippen LogP contribution is 2.24. The Morgan fingerprint density at radius 3 is 2.37 bits per heavy atom. The SMILES string of the molecule is Cc1cc(CNC(C)C)ccc1N(C)CC(F)(F)F. The normalized spacial score (nSPS) is 12.0. The molecule has 0 aromatic heterocycles. The number of benzene rings is 1. The van der Waals surface area contributed by atoms with Gasteiger partial charge in [0, 0.05) is 25.3 Å². The molecule has 0 aliphatic rings. The van der Waals surface area contributed by atoms with Gasteiger partial charge in [-0.25, -0.2) is 0 Å². The zero-order valence-electron chi connectivity index (χ0n) is 11.8. The lowest BCUT2D eigenvalue weighted by Gasteiger charge is -2.23. The minimum Gasteiger partial charge on any atom is -0.366 e. The van der Waals surface area contributed by atoms with Crippen LogP contribution in [-0.4, -0.2) is 25.8 Å².